The van der Waals surface area contributed by atoms with Crippen LogP contribution in [0.3, 0.4) is 0 Å². The molecule has 8 nitrogen and oxygen atoms in total. The van der Waals surface area contributed by atoms with Crippen LogP contribution in [0.5, 0.6) is 5.75 Å². The number of hydrogen-bond donors (Lipinski definition) is 2. The molecule has 132 valence electrons. The third-order valence-corrected chi connectivity index (χ3v) is 4.17. The van der Waals surface area contributed by atoms with Gasteiger partial charge in [-0.3, -0.25) is 4.79 Å². The average molecular weight is 365 g/mol. The van der Waals surface area contributed by atoms with Crippen LogP contribution in [0.25, 0.3) is 0 Å². The van der Waals surface area contributed by atoms with E-state index in [4.69, 9.17) is 21.4 Å². The van der Waals surface area contributed by atoms with Crippen LogP contribution < -0.4 is 10.1 Å². The number of nitrogens with zero attached hydrogens (tertiary/aromatic N) is 3. The quantitative estimate of drug-likeness (QED) is 0.815. The second-order valence-electron chi connectivity index (χ2n) is 5.82. The molecule has 3 rings (SSSR count). The average Bonchev–Trinajstić information content (AvgIpc) is 3.21. The summed E-state index contributed by atoms with van der Waals surface area (Å²) in [6.07, 6.45) is 5.79. The number of aromatic carboxylic acids is 1. The van der Waals surface area contributed by atoms with Gasteiger partial charge < -0.3 is 15.2 Å². The predicted molar refractivity (Wildman–Crippen MR) is 89.9 cm³/mol. The summed E-state index contributed by atoms with van der Waals surface area (Å²) in [5, 5.41) is 18.9. The van der Waals surface area contributed by atoms with Crippen molar-refractivity contribution in [1.29, 1.82) is 0 Å². The molecular weight excluding hydrogens is 348 g/mol. The summed E-state index contributed by atoms with van der Waals surface area (Å²) in [6, 6.07) is 5.06. The van der Waals surface area contributed by atoms with Gasteiger partial charge in [0.05, 0.1) is 17.3 Å². The Labute approximate surface area is 148 Å². The first-order valence-electron chi connectivity index (χ1n) is 7.91. The molecule has 0 atom stereocenters. The van der Waals surface area contributed by atoms with E-state index in [0.29, 0.717) is 16.5 Å². The van der Waals surface area contributed by atoms with Crippen molar-refractivity contribution in [3.05, 3.63) is 35.1 Å². The highest BCUT2D eigenvalue weighted by Crippen LogP contribution is 2.31. The van der Waals surface area contributed by atoms with Crippen LogP contribution in [0.15, 0.2) is 24.4 Å². The number of halogens is 1. The Kier molecular flexibility index (Phi) is 5.18. The van der Waals surface area contributed by atoms with Crippen LogP contribution in [-0.4, -0.2) is 38.1 Å². The van der Waals surface area contributed by atoms with Gasteiger partial charge in [0, 0.05) is 5.69 Å². The van der Waals surface area contributed by atoms with Gasteiger partial charge in [0.2, 0.25) is 5.91 Å². The molecule has 1 amide bonds. The fraction of sp³-hybridized carbons (Fsp3) is 0.375. The molecule has 1 saturated carbocycles. The molecule has 9 heteroatoms. The summed E-state index contributed by atoms with van der Waals surface area (Å²) < 4.78 is 7.02. The monoisotopic (exact) mass is 364 g/mol. The molecule has 0 bridgehead atoms. The van der Waals surface area contributed by atoms with Crippen LogP contribution >= 0.6 is 11.6 Å². The normalized spacial score (nSPS) is 14.4. The second-order valence-corrected chi connectivity index (χ2v) is 6.23. The minimum absolute atomic E-state index is 0.155. The van der Waals surface area contributed by atoms with E-state index in [1.165, 1.54) is 19.0 Å². The summed E-state index contributed by atoms with van der Waals surface area (Å²) in [7, 11) is 0. The molecule has 1 aliphatic rings. The topological polar surface area (TPSA) is 106 Å². The highest BCUT2D eigenvalue weighted by molar-refractivity contribution is 6.32. The van der Waals surface area contributed by atoms with E-state index in [9.17, 15) is 9.59 Å². The fourth-order valence-corrected chi connectivity index (χ4v) is 2.91. The van der Waals surface area contributed by atoms with E-state index in [1.54, 1.807) is 18.2 Å². The summed E-state index contributed by atoms with van der Waals surface area (Å²) in [4.78, 5) is 22.8. The van der Waals surface area contributed by atoms with Crippen LogP contribution in [0.4, 0.5) is 5.69 Å². The van der Waals surface area contributed by atoms with E-state index < -0.39 is 5.97 Å². The van der Waals surface area contributed by atoms with Gasteiger partial charge in [0.1, 0.15) is 12.3 Å². The minimum atomic E-state index is -1.20. The van der Waals surface area contributed by atoms with Crippen molar-refractivity contribution in [3.8, 4) is 5.75 Å². The maximum absolute atomic E-state index is 12.0. The van der Waals surface area contributed by atoms with Gasteiger partial charge in [0.15, 0.2) is 5.69 Å². The van der Waals surface area contributed by atoms with Crippen molar-refractivity contribution >= 4 is 29.2 Å². The van der Waals surface area contributed by atoms with Gasteiger partial charge in [-0.05, 0) is 43.9 Å². The lowest BCUT2D eigenvalue weighted by Gasteiger charge is -2.15. The predicted octanol–water partition coefficient (Wildman–Crippen LogP) is 2.59. The number of carbonyl (C=O) groups excluding carboxylic acids is 1. The highest BCUT2D eigenvalue weighted by atomic mass is 35.5. The lowest BCUT2D eigenvalue weighted by Crippen LogP contribution is -2.19. The number of rotatable bonds is 6. The summed E-state index contributed by atoms with van der Waals surface area (Å²) >= 11 is 6.22. The number of anilines is 1. The van der Waals surface area contributed by atoms with Gasteiger partial charge in [0.25, 0.3) is 0 Å². The molecule has 1 fully saturated rings. The summed E-state index contributed by atoms with van der Waals surface area (Å²) in [5.74, 6) is -0.965. The Morgan fingerprint density at radius 3 is 2.76 bits per heavy atom. The zero-order valence-electron chi connectivity index (χ0n) is 13.3. The van der Waals surface area contributed by atoms with Crippen LogP contribution in [0.2, 0.25) is 5.02 Å². The lowest BCUT2D eigenvalue weighted by molar-refractivity contribution is -0.116. The van der Waals surface area contributed by atoms with Gasteiger partial charge in [-0.1, -0.05) is 16.8 Å². The van der Waals surface area contributed by atoms with Gasteiger partial charge in [-0.15, -0.1) is 5.10 Å². The summed E-state index contributed by atoms with van der Waals surface area (Å²) in [6.45, 7) is -0.155. The number of benzene rings is 1. The van der Waals surface area contributed by atoms with Crippen molar-refractivity contribution in [2.45, 2.75) is 38.3 Å². The Hall–Kier alpha value is -2.61. The van der Waals surface area contributed by atoms with E-state index in [-0.39, 0.29) is 24.2 Å². The highest BCUT2D eigenvalue weighted by Gasteiger charge is 2.18. The number of carbonyl (C=O) groups is 2. The molecular formula is C16H17ClN4O4. The maximum atomic E-state index is 12.0. The number of aromatic nitrogens is 3. The van der Waals surface area contributed by atoms with E-state index >= 15 is 0 Å². The Balaban J connectivity index is 1.58. The summed E-state index contributed by atoms with van der Waals surface area (Å²) in [5.41, 5.74) is 0.302. The van der Waals surface area contributed by atoms with Crippen LogP contribution in [0, 0.1) is 0 Å². The third-order valence-electron chi connectivity index (χ3n) is 3.87. The molecule has 1 aromatic carbocycles. The molecule has 2 N–H and O–H groups in total. The number of nitrogens with one attached hydrogen (secondary N) is 1. The fourth-order valence-electron chi connectivity index (χ4n) is 2.68. The third kappa shape index (κ3) is 4.48. The first-order chi connectivity index (χ1) is 12.0. The van der Waals surface area contributed by atoms with Gasteiger partial charge in [-0.2, -0.15) is 0 Å². The number of ether oxygens (including phenoxy) is 1. The van der Waals surface area contributed by atoms with Crippen molar-refractivity contribution in [2.24, 2.45) is 0 Å². The van der Waals surface area contributed by atoms with Crippen molar-refractivity contribution in [2.75, 3.05) is 5.32 Å². The molecule has 0 spiro atoms. The molecule has 1 aliphatic carbocycles. The van der Waals surface area contributed by atoms with Gasteiger partial charge in [-0.25, -0.2) is 9.48 Å². The number of amides is 1. The largest absolute Gasteiger partial charge is 0.489 e. The first-order valence-corrected chi connectivity index (χ1v) is 8.28. The lowest BCUT2D eigenvalue weighted by atomic mass is 10.2. The second kappa shape index (κ2) is 7.52. The number of carboxylic acids is 1. The minimum Gasteiger partial charge on any atom is -0.489 e. The molecule has 1 heterocycles. The maximum Gasteiger partial charge on any atom is 0.358 e. The number of hydrogen-bond acceptors (Lipinski definition) is 5. The Morgan fingerprint density at radius 2 is 2.12 bits per heavy atom. The van der Waals surface area contributed by atoms with Crippen molar-refractivity contribution in [1.82, 2.24) is 15.0 Å². The van der Waals surface area contributed by atoms with Crippen LogP contribution in [-0.2, 0) is 11.3 Å². The zero-order chi connectivity index (χ0) is 17.8. The zero-order valence-corrected chi connectivity index (χ0v) is 14.1. The molecule has 0 saturated heterocycles. The van der Waals surface area contributed by atoms with E-state index in [1.807, 2.05) is 0 Å². The van der Waals surface area contributed by atoms with Crippen molar-refractivity contribution < 1.29 is 19.4 Å². The van der Waals surface area contributed by atoms with E-state index in [2.05, 4.69) is 15.6 Å². The SMILES string of the molecule is O=C(Cn1cc(C(=O)O)nn1)Nc1ccc(OC2CCCC2)c(Cl)c1. The molecule has 0 unspecified atom stereocenters. The van der Waals surface area contributed by atoms with Crippen molar-refractivity contribution in [3.63, 3.8) is 0 Å². The molecule has 0 radical (unpaired) electrons. The smallest absolute Gasteiger partial charge is 0.358 e. The number of carboxylic acid groups (broad SMARTS) is 1. The van der Waals surface area contributed by atoms with Gasteiger partial charge >= 0.3 is 5.97 Å². The molecule has 2 aromatic rings. The molecule has 1 aromatic heterocycles. The Morgan fingerprint density at radius 1 is 1.36 bits per heavy atom. The Bertz CT molecular complexity index is 786. The molecule has 25 heavy (non-hydrogen) atoms. The molecule has 0 aliphatic heterocycles. The first kappa shape index (κ1) is 17.2. The van der Waals surface area contributed by atoms with E-state index in [0.717, 1.165) is 17.5 Å². The standard InChI is InChI=1S/C16H17ClN4O4/c17-12-7-10(5-6-14(12)25-11-3-1-2-4-11)18-15(22)9-21-8-13(16(23)24)19-20-21/h5-8,11H,1-4,9H2,(H,18,22)(H,23,24). The van der Waals surface area contributed by atoms with Crippen LogP contribution in [0.1, 0.15) is 36.2 Å².